The molecule has 29 heavy (non-hydrogen) atoms. The van der Waals surface area contributed by atoms with Gasteiger partial charge in [0, 0.05) is 23.5 Å². The lowest BCUT2D eigenvalue weighted by Crippen LogP contribution is -2.30. The second-order valence-electron chi connectivity index (χ2n) is 7.92. The Morgan fingerprint density at radius 1 is 1.28 bits per heavy atom. The van der Waals surface area contributed by atoms with Crippen molar-refractivity contribution in [3.8, 4) is 0 Å². The summed E-state index contributed by atoms with van der Waals surface area (Å²) in [7, 11) is -1.06. The van der Waals surface area contributed by atoms with Crippen LogP contribution in [0.4, 0.5) is 5.69 Å². The average molecular weight is 419 g/mol. The third-order valence-electron chi connectivity index (χ3n) is 5.52. The summed E-state index contributed by atoms with van der Waals surface area (Å²) in [5.74, 6) is 0.315. The van der Waals surface area contributed by atoms with Crippen molar-refractivity contribution < 1.29 is 13.2 Å². The monoisotopic (exact) mass is 418 g/mol. The maximum atomic E-state index is 12.4. The van der Waals surface area contributed by atoms with Gasteiger partial charge in [-0.1, -0.05) is 19.1 Å². The van der Waals surface area contributed by atoms with Crippen LogP contribution in [0.25, 0.3) is 0 Å². The topological polar surface area (TPSA) is 84.3 Å². The summed E-state index contributed by atoms with van der Waals surface area (Å²) in [6, 6.07) is 7.79. The van der Waals surface area contributed by atoms with Gasteiger partial charge in [-0.2, -0.15) is 5.10 Å². The Hall–Kier alpha value is -2.19. The number of aromatic nitrogens is 2. The Morgan fingerprint density at radius 3 is 2.55 bits per heavy atom. The van der Waals surface area contributed by atoms with E-state index in [1.165, 1.54) is 5.56 Å². The van der Waals surface area contributed by atoms with E-state index in [1.54, 1.807) is 0 Å². The molecule has 0 spiro atoms. The highest BCUT2D eigenvalue weighted by atomic mass is 32.2. The van der Waals surface area contributed by atoms with Crippen LogP contribution in [0, 0.1) is 13.8 Å². The van der Waals surface area contributed by atoms with Gasteiger partial charge in [-0.25, -0.2) is 8.42 Å². The molecule has 2 aromatic rings. The molecular formula is C21H30N4O3S. The van der Waals surface area contributed by atoms with Gasteiger partial charge in [-0.05, 0) is 51.4 Å². The van der Waals surface area contributed by atoms with Gasteiger partial charge in [0.1, 0.15) is 0 Å². The first-order chi connectivity index (χ1) is 13.7. The number of aryl methyl sites for hydroxylation is 2. The van der Waals surface area contributed by atoms with Gasteiger partial charge >= 0.3 is 0 Å². The van der Waals surface area contributed by atoms with Crippen molar-refractivity contribution in [2.75, 3.05) is 30.4 Å². The number of hydrogen-bond acceptors (Lipinski definition) is 5. The smallest absolute Gasteiger partial charge is 0.238 e. The highest BCUT2D eigenvalue weighted by molar-refractivity contribution is 7.91. The van der Waals surface area contributed by atoms with Gasteiger partial charge in [0.25, 0.3) is 0 Å². The molecule has 1 aliphatic heterocycles. The number of carbonyl (C=O) groups is 1. The minimum absolute atomic E-state index is 0.0682. The number of nitrogens with one attached hydrogen (secondary N) is 1. The van der Waals surface area contributed by atoms with Gasteiger partial charge in [0.05, 0.1) is 29.8 Å². The zero-order valence-corrected chi connectivity index (χ0v) is 18.4. The second kappa shape index (κ2) is 8.67. The molecule has 1 N–H and O–H groups in total. The Bertz CT molecular complexity index is 980. The van der Waals surface area contributed by atoms with Crippen LogP contribution in [0.2, 0.25) is 0 Å². The van der Waals surface area contributed by atoms with E-state index >= 15 is 0 Å². The maximum Gasteiger partial charge on any atom is 0.238 e. The molecule has 0 radical (unpaired) electrons. The summed E-state index contributed by atoms with van der Waals surface area (Å²) in [4.78, 5) is 14.3. The Labute approximate surface area is 173 Å². The summed E-state index contributed by atoms with van der Waals surface area (Å²) in [5.41, 5.74) is 4.94. The van der Waals surface area contributed by atoms with Crippen molar-refractivity contribution >= 4 is 21.4 Å². The molecule has 7 nitrogen and oxygen atoms in total. The van der Waals surface area contributed by atoms with Crippen LogP contribution in [-0.4, -0.2) is 54.1 Å². The largest absolute Gasteiger partial charge is 0.325 e. The van der Waals surface area contributed by atoms with Gasteiger partial charge in [-0.15, -0.1) is 0 Å². The SMILES string of the molecule is CCc1ccc(NC(=O)CN(C)Cc2c(C)nn([C@H]3CCS(=O)(=O)C3)c2C)cc1. The second-order valence-corrected chi connectivity index (χ2v) is 10.2. The zero-order valence-electron chi connectivity index (χ0n) is 17.6. The van der Waals surface area contributed by atoms with E-state index in [4.69, 9.17) is 0 Å². The van der Waals surface area contributed by atoms with Crippen LogP contribution in [0.3, 0.4) is 0 Å². The summed E-state index contributed by atoms with van der Waals surface area (Å²) >= 11 is 0. The van der Waals surface area contributed by atoms with Crippen molar-refractivity contribution in [2.45, 2.75) is 46.2 Å². The molecule has 0 bridgehead atoms. The third kappa shape index (κ3) is 5.25. The molecule has 1 amide bonds. The lowest BCUT2D eigenvalue weighted by Gasteiger charge is -2.17. The van der Waals surface area contributed by atoms with E-state index in [-0.39, 0.29) is 30.0 Å². The average Bonchev–Trinajstić information content (AvgIpc) is 3.15. The molecule has 2 heterocycles. The van der Waals surface area contributed by atoms with E-state index < -0.39 is 9.84 Å². The van der Waals surface area contributed by atoms with E-state index in [0.717, 1.165) is 29.1 Å². The number of rotatable bonds is 7. The highest BCUT2D eigenvalue weighted by Gasteiger charge is 2.31. The number of benzene rings is 1. The molecule has 3 rings (SSSR count). The van der Waals surface area contributed by atoms with Crippen LogP contribution in [0.1, 0.15) is 41.9 Å². The Balaban J connectivity index is 1.61. The number of likely N-dealkylation sites (N-methyl/N-ethyl adjacent to an activating group) is 1. The molecule has 8 heteroatoms. The normalized spacial score (nSPS) is 18.3. The lowest BCUT2D eigenvalue weighted by atomic mass is 10.1. The fraction of sp³-hybridized carbons (Fsp3) is 0.524. The number of carbonyl (C=O) groups excluding carboxylic acids is 1. The predicted octanol–water partition coefficient (Wildman–Crippen LogP) is 2.49. The first-order valence-electron chi connectivity index (χ1n) is 10.0. The number of amides is 1. The van der Waals surface area contributed by atoms with Crippen molar-refractivity contribution in [3.05, 3.63) is 46.8 Å². The van der Waals surface area contributed by atoms with Gasteiger partial charge in [-0.3, -0.25) is 14.4 Å². The van der Waals surface area contributed by atoms with E-state index in [1.807, 2.05) is 54.7 Å². The molecule has 158 valence electrons. The van der Waals surface area contributed by atoms with Crippen LogP contribution in [0.5, 0.6) is 0 Å². The Morgan fingerprint density at radius 2 is 1.97 bits per heavy atom. The van der Waals surface area contributed by atoms with Crippen LogP contribution < -0.4 is 5.32 Å². The van der Waals surface area contributed by atoms with Crippen molar-refractivity contribution in [1.29, 1.82) is 0 Å². The van der Waals surface area contributed by atoms with Crippen LogP contribution in [0.15, 0.2) is 24.3 Å². The van der Waals surface area contributed by atoms with Gasteiger partial charge in [0.15, 0.2) is 9.84 Å². The number of nitrogens with zero attached hydrogens (tertiary/aromatic N) is 3. The number of anilines is 1. The number of hydrogen-bond donors (Lipinski definition) is 1. The molecule has 1 atom stereocenters. The summed E-state index contributed by atoms with van der Waals surface area (Å²) < 4.78 is 25.5. The molecule has 0 saturated carbocycles. The van der Waals surface area contributed by atoms with Gasteiger partial charge in [0.2, 0.25) is 5.91 Å². The summed E-state index contributed by atoms with van der Waals surface area (Å²) in [5, 5.41) is 7.53. The predicted molar refractivity (Wildman–Crippen MR) is 115 cm³/mol. The van der Waals surface area contributed by atoms with E-state index in [0.29, 0.717) is 13.0 Å². The third-order valence-corrected chi connectivity index (χ3v) is 7.27. The number of sulfone groups is 1. The molecule has 0 unspecified atom stereocenters. The molecule has 1 aromatic carbocycles. The standard InChI is InChI=1S/C21H30N4O3S/c1-5-17-6-8-18(9-7-17)22-21(26)13-24(4)12-20-15(2)23-25(16(20)3)19-10-11-29(27,28)14-19/h6-9,19H,5,10-14H2,1-4H3,(H,22,26)/t19-/m0/s1. The molecule has 1 aromatic heterocycles. The fourth-order valence-electron chi connectivity index (χ4n) is 3.84. The van der Waals surface area contributed by atoms with Crippen molar-refractivity contribution in [2.24, 2.45) is 0 Å². The molecule has 1 saturated heterocycles. The van der Waals surface area contributed by atoms with Crippen molar-refractivity contribution in [1.82, 2.24) is 14.7 Å². The quantitative estimate of drug-likeness (QED) is 0.747. The molecule has 1 aliphatic rings. The lowest BCUT2D eigenvalue weighted by molar-refractivity contribution is -0.117. The van der Waals surface area contributed by atoms with Crippen LogP contribution in [-0.2, 0) is 27.6 Å². The summed E-state index contributed by atoms with van der Waals surface area (Å²) in [6.45, 7) is 6.85. The van der Waals surface area contributed by atoms with Crippen LogP contribution >= 0.6 is 0 Å². The highest BCUT2D eigenvalue weighted by Crippen LogP contribution is 2.27. The maximum absolute atomic E-state index is 12.4. The molecule has 1 fully saturated rings. The zero-order chi connectivity index (χ0) is 21.2. The first-order valence-corrected chi connectivity index (χ1v) is 11.8. The van der Waals surface area contributed by atoms with Gasteiger partial charge < -0.3 is 5.32 Å². The fourth-order valence-corrected chi connectivity index (χ4v) is 5.54. The van der Waals surface area contributed by atoms with E-state index in [2.05, 4.69) is 17.3 Å². The van der Waals surface area contributed by atoms with Crippen molar-refractivity contribution in [3.63, 3.8) is 0 Å². The molecule has 0 aliphatic carbocycles. The first kappa shape index (κ1) is 21.5. The Kier molecular flexibility index (Phi) is 6.43. The minimum atomic E-state index is -2.96. The minimum Gasteiger partial charge on any atom is -0.325 e. The molecular weight excluding hydrogens is 388 g/mol. The van der Waals surface area contributed by atoms with E-state index in [9.17, 15) is 13.2 Å². The summed E-state index contributed by atoms with van der Waals surface area (Å²) in [6.07, 6.45) is 1.58.